The van der Waals surface area contributed by atoms with Gasteiger partial charge in [-0.25, -0.2) is 9.67 Å². The van der Waals surface area contributed by atoms with Crippen molar-refractivity contribution in [2.24, 2.45) is 10.8 Å². The molecular weight excluding hydrogens is 2570 g/mol. The smallest absolute Gasteiger partial charge is 0.311 e. The van der Waals surface area contributed by atoms with Gasteiger partial charge in [-0.2, -0.15) is 46.1 Å². The van der Waals surface area contributed by atoms with E-state index in [0.29, 0.717) is 23.0 Å². The van der Waals surface area contributed by atoms with Crippen LogP contribution in [0.1, 0.15) is 108 Å². The van der Waals surface area contributed by atoms with Gasteiger partial charge in [-0.3, -0.25) is 33.9 Å². The zero-order chi connectivity index (χ0) is 89.4. The third kappa shape index (κ3) is 54.3. The van der Waals surface area contributed by atoms with Crippen LogP contribution in [-0.2, 0) is 131 Å². The Morgan fingerprint density at radius 3 is 1.23 bits per heavy atom. The number of rotatable bonds is 13. The summed E-state index contributed by atoms with van der Waals surface area (Å²) in [6, 6.07) is 65.9. The van der Waals surface area contributed by atoms with Crippen molar-refractivity contribution in [3.8, 4) is 39.6 Å². The minimum Gasteiger partial charge on any atom is -0.512 e. The quantitative estimate of drug-likeness (QED) is 0.0310. The van der Waals surface area contributed by atoms with Gasteiger partial charge in [0.1, 0.15) is 15.8 Å². The molecule has 0 bridgehead atoms. The summed E-state index contributed by atoms with van der Waals surface area (Å²) in [7, 11) is -19.2. The van der Waals surface area contributed by atoms with Crippen molar-refractivity contribution < 1.29 is 189 Å². The van der Waals surface area contributed by atoms with E-state index in [1.807, 2.05) is 163 Å². The molecule has 36 heteroatoms. The fraction of sp³-hybridized carbons (Fsp3) is 0.195. The van der Waals surface area contributed by atoms with Crippen molar-refractivity contribution in [3.63, 3.8) is 0 Å². The van der Waals surface area contributed by atoms with E-state index in [-0.39, 0.29) is 187 Å². The van der Waals surface area contributed by atoms with E-state index in [0.717, 1.165) is 57.0 Å². The van der Waals surface area contributed by atoms with Gasteiger partial charge in [0.2, 0.25) is 0 Å². The first-order valence-electron chi connectivity index (χ1n) is 34.9. The Hall–Kier alpha value is -9.16. The standard InChI is InChI=1S/C15H10N.C12H10N.C11H7F5NS.C11H20O2.C10H6ClN2.C8H6F5N3S.4C5H8O2.5Ir/c1-2-6-12(7-3-1)15-11-10-13-8-4-5-9-14(13)16-15;1-2-6-11(7-3-1)10-12-8-4-5-9-13-12;12-18(13,14,15,16)10-6-4-9(5-7-10)11-3-1-2-8-17-11;1-10(2,3)8(12)7-9(13)11(4,5)6;11-10-7-6-9(12-13-10)8-4-2-1-3-5-8;9-17(10,11,12,13)7-2-3-8(14-6-7)16-5-1-4-15-16;4*1-4(6)3-5(2)7;;;;;/h1-6,8-11H;1-6,8-9H,10H2;1-4,6-8H;7,12H,1-6H3;1-4,6-7H;1-6H;4*3,6H,1-2H3;;;;;/q3*-1;;-1;;;;;;;;;;. The molecule has 0 amide bonds. The number of pyridine rings is 4. The average Bonchev–Trinajstić information content (AvgIpc) is 0.993. The molecule has 6 aromatic heterocycles. The van der Waals surface area contributed by atoms with Gasteiger partial charge in [-0.1, -0.05) is 127 Å². The number of carbonyl (C=O) groups excluding carboxylic acids is 5. The first kappa shape index (κ1) is 120. The Morgan fingerprint density at radius 2 is 0.870 bits per heavy atom. The molecule has 0 aliphatic carbocycles. The molecular formula is C87H91ClF10Ir5N8O10S2-4. The summed E-state index contributed by atoms with van der Waals surface area (Å²) in [6.45, 7) is 22.5. The first-order chi connectivity index (χ1) is 54.4. The summed E-state index contributed by atoms with van der Waals surface area (Å²) in [5.74, 6) is -0.118. The van der Waals surface area contributed by atoms with E-state index < -0.39 is 35.7 Å². The van der Waals surface area contributed by atoms with E-state index in [4.69, 9.17) is 32.0 Å². The predicted octanol–water partition coefficient (Wildman–Crippen LogP) is 25.1. The maximum atomic E-state index is 12.4. The Labute approximate surface area is 782 Å². The van der Waals surface area contributed by atoms with Crippen molar-refractivity contribution in [1.29, 1.82) is 0 Å². The van der Waals surface area contributed by atoms with Crippen LogP contribution in [0.25, 0.3) is 50.5 Å². The number of aliphatic hydroxyl groups is 5. The molecule has 123 heavy (non-hydrogen) atoms. The minimum absolute atomic E-state index is 0. The fourth-order valence-corrected chi connectivity index (χ4v) is 9.51. The Balaban J connectivity index is -0.000000648. The molecule has 0 fully saturated rings. The van der Waals surface area contributed by atoms with Crippen LogP contribution >= 0.6 is 32.0 Å². The fourth-order valence-electron chi connectivity index (χ4n) is 8.23. The SMILES string of the molecule is CC(=O)C=C(C)O.CC(=O)C=C(C)O.CC(=O)C=C(C)O.CC(=O)C=C(C)O.CC(C)(C)C(=O)C=C(O)C(C)(C)C.Clc1ccc(-c2[c-]cccc2)nn1.FS(F)(F)(F)(F)c1c[c-]c(-c2ccccn2)cc1.FS(F)(F)(F)(F)c1ccc(-n2cccn2)nc1.[Ir].[Ir].[Ir].[Ir].[Ir].[c-]1ccccc1-c1ccc2ccccc2n1.[c-]1ccccc1Cc1ccccn1. The van der Waals surface area contributed by atoms with E-state index in [9.17, 15) is 67.9 Å². The molecule has 0 atom stereocenters. The number of hydrogen-bond acceptors (Lipinski definition) is 17. The Bertz CT molecular complexity index is 5020. The average molecular weight is 2660 g/mol. The summed E-state index contributed by atoms with van der Waals surface area (Å²) < 4.78 is 125. The van der Waals surface area contributed by atoms with Crippen LogP contribution in [-0.4, -0.2) is 94.4 Å². The monoisotopic (exact) mass is 2660 g/mol. The number of aromatic nitrogens is 8. The first-order valence-corrected chi connectivity index (χ1v) is 39.2. The largest absolute Gasteiger partial charge is 0.512 e. The molecule has 0 unspecified atom stereocenters. The number of ketones is 5. The second-order valence-electron chi connectivity index (χ2n) is 26.9. The normalized spacial score (nSPS) is 12.2. The number of halogens is 11. The number of nitrogens with zero attached hydrogens (tertiary/aromatic N) is 8. The maximum absolute atomic E-state index is 12.4. The third-order valence-electron chi connectivity index (χ3n) is 13.6. The van der Waals surface area contributed by atoms with E-state index in [2.05, 4.69) is 77.7 Å². The number of carbonyl (C=O) groups is 5. The van der Waals surface area contributed by atoms with Gasteiger partial charge < -0.3 is 30.5 Å². The molecule has 0 aliphatic rings. The van der Waals surface area contributed by atoms with Crippen LogP contribution in [0.5, 0.6) is 0 Å². The van der Waals surface area contributed by atoms with Crippen molar-refractivity contribution >= 4 is 71.9 Å². The third-order valence-corrected chi connectivity index (χ3v) is 16.1. The molecule has 5 radical (unpaired) electrons. The number of aliphatic hydroxyl groups excluding tert-OH is 5. The molecule has 0 saturated carbocycles. The molecule has 11 rings (SSSR count). The van der Waals surface area contributed by atoms with Crippen LogP contribution in [0, 0.1) is 35.1 Å². The summed E-state index contributed by atoms with van der Waals surface area (Å²) >= 11 is 5.62. The molecule has 5 N–H and O–H groups in total. The number of para-hydroxylation sites is 1. The molecule has 0 aliphatic heterocycles. The van der Waals surface area contributed by atoms with Crippen LogP contribution in [0.4, 0.5) is 38.9 Å². The van der Waals surface area contributed by atoms with E-state index in [1.54, 1.807) is 24.3 Å². The summed E-state index contributed by atoms with van der Waals surface area (Å²) in [5.41, 5.74) is 6.83. The molecule has 677 valence electrons. The van der Waals surface area contributed by atoms with Crippen LogP contribution in [0.3, 0.4) is 0 Å². The van der Waals surface area contributed by atoms with Crippen molar-refractivity contribution in [2.45, 2.75) is 113 Å². The topological polar surface area (TPSA) is 282 Å². The number of hydrogen-bond donors (Lipinski definition) is 5. The number of allylic oxidation sites excluding steroid dienone is 10. The van der Waals surface area contributed by atoms with Gasteiger partial charge in [-0.15, -0.1) is 126 Å². The summed E-state index contributed by atoms with van der Waals surface area (Å²) in [5, 5.41) is 56.0. The van der Waals surface area contributed by atoms with Crippen LogP contribution in [0.2, 0.25) is 5.15 Å². The van der Waals surface area contributed by atoms with Gasteiger partial charge in [0, 0.05) is 183 Å². The summed E-state index contributed by atoms with van der Waals surface area (Å²) in [6.07, 6.45) is 13.1. The molecule has 6 heterocycles. The van der Waals surface area contributed by atoms with Crippen LogP contribution in [0.15, 0.2) is 294 Å². The second-order valence-corrected chi connectivity index (χ2v) is 32.1. The van der Waals surface area contributed by atoms with Crippen molar-refractivity contribution in [2.75, 3.05) is 0 Å². The van der Waals surface area contributed by atoms with Gasteiger partial charge in [0.05, 0.1) is 34.8 Å². The molecule has 0 spiro atoms. The minimum atomic E-state index is -9.63. The van der Waals surface area contributed by atoms with Gasteiger partial charge in [0.25, 0.3) is 10.2 Å². The predicted molar refractivity (Wildman–Crippen MR) is 445 cm³/mol. The van der Waals surface area contributed by atoms with Gasteiger partial charge in [-0.05, 0) is 127 Å². The summed E-state index contributed by atoms with van der Waals surface area (Å²) in [4.78, 5) is 63.7. The zero-order valence-electron chi connectivity index (χ0n) is 68.5. The second kappa shape index (κ2) is 53.9. The Morgan fingerprint density at radius 1 is 0.423 bits per heavy atom. The van der Waals surface area contributed by atoms with Crippen molar-refractivity contribution in [1.82, 2.24) is 39.9 Å². The van der Waals surface area contributed by atoms with Crippen molar-refractivity contribution in [3.05, 3.63) is 325 Å². The molecule has 5 aromatic carbocycles. The van der Waals surface area contributed by atoms with Crippen LogP contribution < -0.4 is 0 Å². The number of benzene rings is 5. The Kier molecular flexibility index (Phi) is 52.6. The molecule has 18 nitrogen and oxygen atoms in total. The maximum Gasteiger partial charge on any atom is 0.311 e. The van der Waals surface area contributed by atoms with E-state index in [1.165, 1.54) is 121 Å². The zero-order valence-corrected chi connectivity index (χ0v) is 82.8. The molecule has 0 saturated heterocycles. The van der Waals surface area contributed by atoms with Gasteiger partial charge in [0.15, 0.2) is 34.7 Å². The molecule has 11 aromatic rings. The number of fused-ring (bicyclic) bond motifs is 1. The van der Waals surface area contributed by atoms with Gasteiger partial charge >= 0.3 is 10.2 Å². The van der Waals surface area contributed by atoms with E-state index >= 15 is 0 Å².